The molecule has 1 heterocycles. The quantitative estimate of drug-likeness (QED) is 0.880. The molecule has 0 aromatic heterocycles. The molecule has 0 radical (unpaired) electrons. The molecule has 25 heavy (non-hydrogen) atoms. The monoisotopic (exact) mass is 338 g/mol. The molecule has 2 amide bonds. The van der Waals surface area contributed by atoms with Gasteiger partial charge >= 0.3 is 0 Å². The Labute approximate surface area is 147 Å². The van der Waals surface area contributed by atoms with Crippen molar-refractivity contribution in [3.05, 3.63) is 60.2 Å². The van der Waals surface area contributed by atoms with Crippen LogP contribution in [-0.4, -0.2) is 32.0 Å². The zero-order valence-corrected chi connectivity index (χ0v) is 14.3. The van der Waals surface area contributed by atoms with Crippen LogP contribution in [0.1, 0.15) is 12.0 Å². The number of ether oxygens (including phenoxy) is 1. The lowest BCUT2D eigenvalue weighted by atomic mass is 10.1. The third kappa shape index (κ3) is 4.18. The molecular weight excluding hydrogens is 316 g/mol. The van der Waals surface area contributed by atoms with Crippen LogP contribution in [0, 0.1) is 5.92 Å². The Bertz CT molecular complexity index is 728. The Hall–Kier alpha value is -2.82. The number of anilines is 1. The fraction of sp³-hybridized carbons (Fsp3) is 0.300. The molecule has 1 fully saturated rings. The highest BCUT2D eigenvalue weighted by atomic mass is 16.5. The zero-order chi connectivity index (χ0) is 17.6. The molecule has 1 saturated heterocycles. The van der Waals surface area contributed by atoms with E-state index in [9.17, 15) is 9.59 Å². The molecule has 2 aromatic carbocycles. The third-order valence-corrected chi connectivity index (χ3v) is 4.44. The summed E-state index contributed by atoms with van der Waals surface area (Å²) in [7, 11) is 1.60. The van der Waals surface area contributed by atoms with Gasteiger partial charge in [0.05, 0.1) is 13.0 Å². The molecule has 1 atom stereocenters. The number of hydrogen-bond donors (Lipinski definition) is 1. The highest BCUT2D eigenvalue weighted by Gasteiger charge is 2.34. The van der Waals surface area contributed by atoms with Crippen molar-refractivity contribution in [2.75, 3.05) is 25.1 Å². The summed E-state index contributed by atoms with van der Waals surface area (Å²) in [5.74, 6) is 0.365. The standard InChI is InChI=1S/C20H22N2O3/c1-25-18-9-7-17(8-10-18)22-14-16(13-19(22)23)20(24)21-12-11-15-5-3-2-4-6-15/h2-10,16H,11-14H2,1H3,(H,21,24)/t16-/m1/s1. The highest BCUT2D eigenvalue weighted by molar-refractivity contribution is 6.00. The van der Waals surface area contributed by atoms with E-state index >= 15 is 0 Å². The smallest absolute Gasteiger partial charge is 0.227 e. The lowest BCUT2D eigenvalue weighted by molar-refractivity contribution is -0.126. The van der Waals surface area contributed by atoms with Gasteiger partial charge in [0.1, 0.15) is 5.75 Å². The normalized spacial score (nSPS) is 16.8. The van der Waals surface area contributed by atoms with E-state index in [4.69, 9.17) is 4.74 Å². The van der Waals surface area contributed by atoms with Crippen LogP contribution in [0.5, 0.6) is 5.75 Å². The molecule has 0 aliphatic carbocycles. The van der Waals surface area contributed by atoms with Gasteiger partial charge in [0, 0.05) is 25.2 Å². The van der Waals surface area contributed by atoms with Gasteiger partial charge in [-0.3, -0.25) is 9.59 Å². The van der Waals surface area contributed by atoms with Crippen molar-refractivity contribution in [3.8, 4) is 5.75 Å². The minimum absolute atomic E-state index is 0.0200. The van der Waals surface area contributed by atoms with Gasteiger partial charge in [-0.1, -0.05) is 30.3 Å². The van der Waals surface area contributed by atoms with Crippen LogP contribution in [-0.2, 0) is 16.0 Å². The summed E-state index contributed by atoms with van der Waals surface area (Å²) >= 11 is 0. The number of nitrogens with zero attached hydrogens (tertiary/aromatic N) is 1. The van der Waals surface area contributed by atoms with Crippen LogP contribution in [0.15, 0.2) is 54.6 Å². The van der Waals surface area contributed by atoms with Crippen molar-refractivity contribution in [2.45, 2.75) is 12.8 Å². The molecule has 1 aliphatic heterocycles. The van der Waals surface area contributed by atoms with Gasteiger partial charge in [-0.15, -0.1) is 0 Å². The van der Waals surface area contributed by atoms with Crippen LogP contribution in [0.3, 0.4) is 0 Å². The van der Waals surface area contributed by atoms with E-state index in [1.165, 1.54) is 5.56 Å². The molecule has 1 aliphatic rings. The number of amides is 2. The van der Waals surface area contributed by atoms with Gasteiger partial charge in [0.2, 0.25) is 11.8 Å². The molecule has 3 rings (SSSR count). The van der Waals surface area contributed by atoms with E-state index in [1.54, 1.807) is 12.0 Å². The molecule has 130 valence electrons. The van der Waals surface area contributed by atoms with Crippen molar-refractivity contribution in [1.82, 2.24) is 5.32 Å². The van der Waals surface area contributed by atoms with Gasteiger partial charge in [-0.05, 0) is 36.2 Å². The van der Waals surface area contributed by atoms with Crippen LogP contribution >= 0.6 is 0 Å². The maximum atomic E-state index is 12.3. The van der Waals surface area contributed by atoms with Crippen molar-refractivity contribution in [3.63, 3.8) is 0 Å². The Balaban J connectivity index is 1.53. The molecule has 0 bridgehead atoms. The largest absolute Gasteiger partial charge is 0.497 e. The van der Waals surface area contributed by atoms with E-state index in [-0.39, 0.29) is 24.2 Å². The number of carbonyl (C=O) groups excluding carboxylic acids is 2. The summed E-state index contributed by atoms with van der Waals surface area (Å²) < 4.78 is 5.13. The van der Waals surface area contributed by atoms with Gasteiger partial charge in [-0.2, -0.15) is 0 Å². The highest BCUT2D eigenvalue weighted by Crippen LogP contribution is 2.26. The van der Waals surface area contributed by atoms with Crippen molar-refractivity contribution >= 4 is 17.5 Å². The predicted octanol–water partition coefficient (Wildman–Crippen LogP) is 2.41. The molecule has 2 aromatic rings. The Kier molecular flexibility index (Phi) is 5.33. The van der Waals surface area contributed by atoms with Crippen molar-refractivity contribution in [2.24, 2.45) is 5.92 Å². The zero-order valence-electron chi connectivity index (χ0n) is 14.3. The number of rotatable bonds is 6. The predicted molar refractivity (Wildman–Crippen MR) is 96.6 cm³/mol. The van der Waals surface area contributed by atoms with Crippen molar-refractivity contribution in [1.29, 1.82) is 0 Å². The number of nitrogens with one attached hydrogen (secondary N) is 1. The van der Waals surface area contributed by atoms with Crippen LogP contribution < -0.4 is 15.0 Å². The minimum atomic E-state index is -0.301. The van der Waals surface area contributed by atoms with Gasteiger partial charge in [-0.25, -0.2) is 0 Å². The van der Waals surface area contributed by atoms with Crippen molar-refractivity contribution < 1.29 is 14.3 Å². The lowest BCUT2D eigenvalue weighted by Gasteiger charge is -2.17. The first-order valence-corrected chi connectivity index (χ1v) is 8.43. The molecule has 5 nitrogen and oxygen atoms in total. The first-order chi connectivity index (χ1) is 12.2. The molecular formula is C20H22N2O3. The molecule has 0 spiro atoms. The number of benzene rings is 2. The molecule has 0 unspecified atom stereocenters. The molecule has 5 heteroatoms. The Morgan fingerprint density at radius 2 is 1.88 bits per heavy atom. The second-order valence-electron chi connectivity index (χ2n) is 6.13. The minimum Gasteiger partial charge on any atom is -0.497 e. The fourth-order valence-electron chi connectivity index (χ4n) is 3.01. The van der Waals surface area contributed by atoms with E-state index in [0.717, 1.165) is 17.9 Å². The van der Waals surface area contributed by atoms with Gasteiger partial charge in [0.25, 0.3) is 0 Å². The van der Waals surface area contributed by atoms with Crippen LogP contribution in [0.2, 0.25) is 0 Å². The average molecular weight is 338 g/mol. The molecule has 1 N–H and O–H groups in total. The summed E-state index contributed by atoms with van der Waals surface area (Å²) in [5, 5.41) is 2.95. The fourth-order valence-corrected chi connectivity index (χ4v) is 3.01. The van der Waals surface area contributed by atoms with E-state index < -0.39 is 0 Å². The first kappa shape index (κ1) is 17.0. The Morgan fingerprint density at radius 1 is 1.16 bits per heavy atom. The maximum absolute atomic E-state index is 12.3. The number of methoxy groups -OCH3 is 1. The SMILES string of the molecule is COc1ccc(N2C[C@H](C(=O)NCCc3ccccc3)CC2=O)cc1. The second kappa shape index (κ2) is 7.83. The number of carbonyl (C=O) groups is 2. The Morgan fingerprint density at radius 3 is 2.56 bits per heavy atom. The summed E-state index contributed by atoms with van der Waals surface area (Å²) in [6.07, 6.45) is 1.04. The number of hydrogen-bond acceptors (Lipinski definition) is 3. The third-order valence-electron chi connectivity index (χ3n) is 4.44. The summed E-state index contributed by atoms with van der Waals surface area (Å²) in [6, 6.07) is 17.3. The summed E-state index contributed by atoms with van der Waals surface area (Å²) in [6.45, 7) is 0.998. The van der Waals surface area contributed by atoms with E-state index in [1.807, 2.05) is 54.6 Å². The van der Waals surface area contributed by atoms with Gasteiger partial charge < -0.3 is 15.0 Å². The lowest BCUT2D eigenvalue weighted by Crippen LogP contribution is -2.34. The van der Waals surface area contributed by atoms with Crippen LogP contribution in [0.4, 0.5) is 5.69 Å². The van der Waals surface area contributed by atoms with Crippen LogP contribution in [0.25, 0.3) is 0 Å². The second-order valence-corrected chi connectivity index (χ2v) is 6.13. The summed E-state index contributed by atoms with van der Waals surface area (Å²) in [4.78, 5) is 26.3. The average Bonchev–Trinajstić information content (AvgIpc) is 3.04. The topological polar surface area (TPSA) is 58.6 Å². The first-order valence-electron chi connectivity index (χ1n) is 8.43. The van der Waals surface area contributed by atoms with E-state index in [0.29, 0.717) is 13.1 Å². The van der Waals surface area contributed by atoms with E-state index in [2.05, 4.69) is 5.32 Å². The summed E-state index contributed by atoms with van der Waals surface area (Å²) in [5.41, 5.74) is 1.98. The maximum Gasteiger partial charge on any atom is 0.227 e. The van der Waals surface area contributed by atoms with Gasteiger partial charge in [0.15, 0.2) is 0 Å². The molecule has 0 saturated carbocycles.